The second-order valence-corrected chi connectivity index (χ2v) is 4.54. The summed E-state index contributed by atoms with van der Waals surface area (Å²) in [7, 11) is 0. The fourth-order valence-corrected chi connectivity index (χ4v) is 1.81. The van der Waals surface area contributed by atoms with E-state index in [-0.39, 0.29) is 12.3 Å². The van der Waals surface area contributed by atoms with E-state index in [2.05, 4.69) is 0 Å². The number of nitro benzene ring substituents is 1. The molecule has 0 amide bonds. The van der Waals surface area contributed by atoms with E-state index in [9.17, 15) is 23.3 Å². The molecule has 0 aliphatic carbocycles. The maximum absolute atomic E-state index is 12.4. The Morgan fingerprint density at radius 3 is 2.09 bits per heavy atom. The minimum absolute atomic E-state index is 0.0323. The van der Waals surface area contributed by atoms with Gasteiger partial charge in [-0.2, -0.15) is 13.2 Å². The predicted octanol–water partition coefficient (Wildman–Crippen LogP) is 4.24. The number of non-ortho nitro benzene ring substituents is 1. The highest BCUT2D eigenvalue weighted by Crippen LogP contribution is 2.29. The summed E-state index contributed by atoms with van der Waals surface area (Å²) >= 11 is 0. The second kappa shape index (κ2) is 6.46. The van der Waals surface area contributed by atoms with Crippen LogP contribution in [-0.2, 0) is 12.6 Å². The number of hydrogen-bond acceptors (Lipinski definition) is 3. The standard InChI is InChI=1S/C15H12F3NO3/c16-15(17,18)12-3-1-11(2-4-12)9-10-22-14-7-5-13(6-8-14)19(20)21/h1-8H,9-10H2. The molecule has 116 valence electrons. The molecule has 2 aromatic rings. The molecule has 2 aromatic carbocycles. The van der Waals surface area contributed by atoms with E-state index < -0.39 is 16.7 Å². The summed E-state index contributed by atoms with van der Waals surface area (Å²) in [5.41, 5.74) is -0.00228. The van der Waals surface area contributed by atoms with E-state index >= 15 is 0 Å². The maximum atomic E-state index is 12.4. The van der Waals surface area contributed by atoms with Crippen molar-refractivity contribution in [3.8, 4) is 5.75 Å². The average molecular weight is 311 g/mol. The maximum Gasteiger partial charge on any atom is 0.416 e. The Kier molecular flexibility index (Phi) is 4.65. The first-order chi connectivity index (χ1) is 10.4. The van der Waals surface area contributed by atoms with Gasteiger partial charge in [-0.05, 0) is 29.8 Å². The first-order valence-electron chi connectivity index (χ1n) is 6.39. The summed E-state index contributed by atoms with van der Waals surface area (Å²) < 4.78 is 42.6. The lowest BCUT2D eigenvalue weighted by molar-refractivity contribution is -0.384. The van der Waals surface area contributed by atoms with Crippen molar-refractivity contribution >= 4 is 5.69 Å². The molecule has 0 N–H and O–H groups in total. The summed E-state index contributed by atoms with van der Waals surface area (Å²) in [6.07, 6.45) is -3.90. The molecule has 0 bridgehead atoms. The third-order valence-corrected chi connectivity index (χ3v) is 2.99. The van der Waals surface area contributed by atoms with Gasteiger partial charge in [-0.15, -0.1) is 0 Å². The molecule has 0 heterocycles. The van der Waals surface area contributed by atoms with Crippen LogP contribution in [0.2, 0.25) is 0 Å². The van der Waals surface area contributed by atoms with Gasteiger partial charge in [0.2, 0.25) is 0 Å². The monoisotopic (exact) mass is 311 g/mol. The minimum Gasteiger partial charge on any atom is -0.493 e. The van der Waals surface area contributed by atoms with Crippen molar-refractivity contribution < 1.29 is 22.8 Å². The van der Waals surface area contributed by atoms with Gasteiger partial charge in [-0.1, -0.05) is 12.1 Å². The number of hydrogen-bond donors (Lipinski definition) is 0. The van der Waals surface area contributed by atoms with Crippen molar-refractivity contribution in [2.45, 2.75) is 12.6 Å². The van der Waals surface area contributed by atoms with Crippen molar-refractivity contribution in [3.63, 3.8) is 0 Å². The van der Waals surface area contributed by atoms with Crippen LogP contribution in [-0.4, -0.2) is 11.5 Å². The Labute approximate surface area is 124 Å². The molecule has 0 aliphatic heterocycles. The highest BCUT2D eigenvalue weighted by atomic mass is 19.4. The van der Waals surface area contributed by atoms with Crippen LogP contribution in [0, 0.1) is 10.1 Å². The van der Waals surface area contributed by atoms with Crippen LogP contribution in [0.5, 0.6) is 5.75 Å². The van der Waals surface area contributed by atoms with Gasteiger partial charge in [-0.25, -0.2) is 0 Å². The van der Waals surface area contributed by atoms with Crippen LogP contribution in [0.15, 0.2) is 48.5 Å². The van der Waals surface area contributed by atoms with Gasteiger partial charge in [0, 0.05) is 18.6 Å². The molecule has 0 radical (unpaired) electrons. The zero-order valence-corrected chi connectivity index (χ0v) is 11.3. The highest BCUT2D eigenvalue weighted by Gasteiger charge is 2.29. The summed E-state index contributed by atoms with van der Waals surface area (Å²) in [5, 5.41) is 10.5. The lowest BCUT2D eigenvalue weighted by Gasteiger charge is -2.08. The number of benzene rings is 2. The third-order valence-electron chi connectivity index (χ3n) is 2.99. The number of rotatable bonds is 5. The summed E-state index contributed by atoms with van der Waals surface area (Å²) in [5.74, 6) is 0.470. The Morgan fingerprint density at radius 1 is 1.00 bits per heavy atom. The summed E-state index contributed by atoms with van der Waals surface area (Å²) in [6.45, 7) is 0.267. The van der Waals surface area contributed by atoms with Crippen molar-refractivity contribution in [3.05, 3.63) is 69.8 Å². The average Bonchev–Trinajstić information content (AvgIpc) is 2.47. The van der Waals surface area contributed by atoms with E-state index in [4.69, 9.17) is 4.74 Å². The molecule has 0 saturated carbocycles. The lowest BCUT2D eigenvalue weighted by atomic mass is 10.1. The molecule has 0 unspecified atom stereocenters. The Bertz CT molecular complexity index is 637. The molecule has 0 atom stereocenters. The van der Waals surface area contributed by atoms with Crippen molar-refractivity contribution in [2.24, 2.45) is 0 Å². The van der Waals surface area contributed by atoms with Crippen LogP contribution < -0.4 is 4.74 Å². The smallest absolute Gasteiger partial charge is 0.416 e. The fraction of sp³-hybridized carbons (Fsp3) is 0.200. The van der Waals surface area contributed by atoms with E-state index in [1.54, 1.807) is 0 Å². The predicted molar refractivity (Wildman–Crippen MR) is 73.7 cm³/mol. The first kappa shape index (κ1) is 15.8. The molecule has 2 rings (SSSR count). The molecule has 4 nitrogen and oxygen atoms in total. The zero-order valence-electron chi connectivity index (χ0n) is 11.3. The van der Waals surface area contributed by atoms with Crippen LogP contribution in [0.1, 0.15) is 11.1 Å². The first-order valence-corrected chi connectivity index (χ1v) is 6.39. The van der Waals surface area contributed by atoms with Gasteiger partial charge in [0.25, 0.3) is 5.69 Å². The number of alkyl halides is 3. The molecular weight excluding hydrogens is 299 g/mol. The van der Waals surface area contributed by atoms with Crippen molar-refractivity contribution in [2.75, 3.05) is 6.61 Å². The fourth-order valence-electron chi connectivity index (χ4n) is 1.81. The molecule has 0 aromatic heterocycles. The van der Waals surface area contributed by atoms with Crippen LogP contribution in [0.25, 0.3) is 0 Å². The molecule has 7 heteroatoms. The minimum atomic E-state index is -4.34. The van der Waals surface area contributed by atoms with Crippen molar-refractivity contribution in [1.82, 2.24) is 0 Å². The van der Waals surface area contributed by atoms with E-state index in [1.807, 2.05) is 0 Å². The normalized spacial score (nSPS) is 11.2. The molecule has 0 spiro atoms. The van der Waals surface area contributed by atoms with E-state index in [1.165, 1.54) is 36.4 Å². The van der Waals surface area contributed by atoms with Crippen LogP contribution >= 0.6 is 0 Å². The summed E-state index contributed by atoms with van der Waals surface area (Å²) in [4.78, 5) is 9.99. The SMILES string of the molecule is O=[N+]([O-])c1ccc(OCCc2ccc(C(F)(F)F)cc2)cc1. The van der Waals surface area contributed by atoms with Crippen LogP contribution in [0.4, 0.5) is 18.9 Å². The topological polar surface area (TPSA) is 52.4 Å². The van der Waals surface area contributed by atoms with Gasteiger partial charge in [-0.3, -0.25) is 10.1 Å². The number of nitro groups is 1. The van der Waals surface area contributed by atoms with Gasteiger partial charge in [0.1, 0.15) is 5.75 Å². The number of halogens is 3. The molecule has 22 heavy (non-hydrogen) atoms. The number of ether oxygens (including phenoxy) is 1. The summed E-state index contributed by atoms with van der Waals surface area (Å²) in [6, 6.07) is 10.5. The van der Waals surface area contributed by atoms with Crippen LogP contribution in [0.3, 0.4) is 0 Å². The van der Waals surface area contributed by atoms with Gasteiger partial charge in [0.15, 0.2) is 0 Å². The van der Waals surface area contributed by atoms with E-state index in [0.717, 1.165) is 17.7 Å². The molecular formula is C15H12F3NO3. The third kappa shape index (κ3) is 4.21. The second-order valence-electron chi connectivity index (χ2n) is 4.54. The Hall–Kier alpha value is -2.57. The zero-order chi connectivity index (χ0) is 16.2. The Balaban J connectivity index is 1.87. The number of nitrogens with zero attached hydrogens (tertiary/aromatic N) is 1. The largest absolute Gasteiger partial charge is 0.493 e. The Morgan fingerprint density at radius 2 is 1.59 bits per heavy atom. The molecule has 0 saturated heterocycles. The lowest BCUT2D eigenvalue weighted by Crippen LogP contribution is -2.05. The van der Waals surface area contributed by atoms with Gasteiger partial charge >= 0.3 is 6.18 Å². The van der Waals surface area contributed by atoms with Gasteiger partial charge in [0.05, 0.1) is 17.1 Å². The molecule has 0 aliphatic rings. The van der Waals surface area contributed by atoms with Gasteiger partial charge < -0.3 is 4.74 Å². The quantitative estimate of drug-likeness (QED) is 0.613. The molecule has 0 fully saturated rings. The van der Waals surface area contributed by atoms with E-state index in [0.29, 0.717) is 12.2 Å². The highest BCUT2D eigenvalue weighted by molar-refractivity contribution is 5.36. The van der Waals surface area contributed by atoms with Crippen molar-refractivity contribution in [1.29, 1.82) is 0 Å².